The predicted molar refractivity (Wildman–Crippen MR) is 69.1 cm³/mol. The van der Waals surface area contributed by atoms with Crippen LogP contribution in [-0.2, 0) is 11.0 Å². The monoisotopic (exact) mass is 287 g/mol. The van der Waals surface area contributed by atoms with Crippen LogP contribution < -0.4 is 11.1 Å². The fourth-order valence-electron chi connectivity index (χ4n) is 2.79. The van der Waals surface area contributed by atoms with Gasteiger partial charge in [-0.2, -0.15) is 13.2 Å². The van der Waals surface area contributed by atoms with E-state index in [0.29, 0.717) is 19.5 Å². The molecule has 1 fully saturated rings. The molecule has 2 unspecified atom stereocenters. The number of amides is 1. The summed E-state index contributed by atoms with van der Waals surface area (Å²) in [5.41, 5.74) is 4.91. The maximum Gasteiger partial charge on any atom is 0.416 e. The Kier molecular flexibility index (Phi) is 3.65. The number of halogens is 3. The summed E-state index contributed by atoms with van der Waals surface area (Å²) in [4.78, 5) is 11.5. The third kappa shape index (κ3) is 2.80. The first-order chi connectivity index (χ1) is 9.73. The highest BCUT2D eigenvalue weighted by Crippen LogP contribution is 2.38. The van der Waals surface area contributed by atoms with Gasteiger partial charge in [-0.15, -0.1) is 0 Å². The molecule has 6 heteroatoms. The second-order valence-corrected chi connectivity index (χ2v) is 5.04. The van der Waals surface area contributed by atoms with Crippen LogP contribution in [0.2, 0.25) is 0 Å². The van der Waals surface area contributed by atoms with Crippen LogP contribution in [-0.4, -0.2) is 19.0 Å². The number of rotatable bonds is 2. The first-order valence-corrected chi connectivity index (χ1v) is 6.40. The normalized spacial score (nSPS) is 24.3. The van der Waals surface area contributed by atoms with E-state index in [1.165, 1.54) is 6.92 Å². The molecule has 0 bridgehead atoms. The van der Waals surface area contributed by atoms with Crippen molar-refractivity contribution in [3.63, 3.8) is 0 Å². The van der Waals surface area contributed by atoms with Crippen molar-refractivity contribution in [1.29, 1.82) is 0 Å². The topological polar surface area (TPSA) is 55.1 Å². The molecule has 0 aliphatic carbocycles. The summed E-state index contributed by atoms with van der Waals surface area (Å²) in [7, 11) is 0. The molecule has 1 heterocycles. The molecule has 1 saturated heterocycles. The molecule has 1 aromatic carbocycles. The number of hydrogen-bond donors (Lipinski definition) is 2. The summed E-state index contributed by atoms with van der Waals surface area (Å²) in [5.74, 6) is -1.59. The molecule has 0 spiro atoms. The van der Waals surface area contributed by atoms with E-state index in [9.17, 15) is 18.0 Å². The van der Waals surface area contributed by atoms with Crippen LogP contribution in [0.3, 0.4) is 0 Å². The van der Waals surface area contributed by atoms with Crippen LogP contribution in [0.1, 0.15) is 30.4 Å². The molecule has 3 nitrogen and oxygen atoms in total. The Morgan fingerprint density at radius 3 is 2.85 bits per heavy atom. The van der Waals surface area contributed by atoms with E-state index >= 15 is 0 Å². The number of carbonyl (C=O) groups is 1. The van der Waals surface area contributed by atoms with E-state index in [4.69, 9.17) is 7.10 Å². The molecule has 0 radical (unpaired) electrons. The number of piperidine rings is 1. The molecule has 0 aromatic heterocycles. The molecular formula is C14H17F3N2O. The summed E-state index contributed by atoms with van der Waals surface area (Å²) >= 11 is 0. The van der Waals surface area contributed by atoms with Crippen molar-refractivity contribution in [2.45, 2.75) is 25.4 Å². The van der Waals surface area contributed by atoms with Crippen LogP contribution in [0.15, 0.2) is 18.2 Å². The van der Waals surface area contributed by atoms with E-state index in [0.717, 1.165) is 12.1 Å². The van der Waals surface area contributed by atoms with Gasteiger partial charge in [-0.05, 0) is 43.0 Å². The minimum Gasteiger partial charge on any atom is -0.369 e. The molecule has 3 N–H and O–H groups in total. The van der Waals surface area contributed by atoms with Crippen molar-refractivity contribution in [3.05, 3.63) is 34.9 Å². The lowest BCUT2D eigenvalue weighted by atomic mass is 9.78. The second kappa shape index (κ2) is 5.44. The molecule has 1 amide bonds. The zero-order chi connectivity index (χ0) is 15.8. The fourth-order valence-corrected chi connectivity index (χ4v) is 2.79. The molecule has 1 aromatic rings. The summed E-state index contributed by atoms with van der Waals surface area (Å²) in [6.45, 7) is 2.27. The highest BCUT2D eigenvalue weighted by Gasteiger charge is 2.36. The third-order valence-corrected chi connectivity index (χ3v) is 3.82. The third-order valence-electron chi connectivity index (χ3n) is 3.82. The van der Waals surface area contributed by atoms with Gasteiger partial charge in [-0.1, -0.05) is 12.1 Å². The molecule has 110 valence electrons. The Hall–Kier alpha value is -1.56. The molecule has 20 heavy (non-hydrogen) atoms. The fraction of sp³-hybridized carbons (Fsp3) is 0.500. The van der Waals surface area contributed by atoms with E-state index < -0.39 is 29.5 Å². The van der Waals surface area contributed by atoms with Crippen molar-refractivity contribution in [2.24, 2.45) is 11.7 Å². The van der Waals surface area contributed by atoms with Gasteiger partial charge in [-0.25, -0.2) is 0 Å². The lowest BCUT2D eigenvalue weighted by molar-refractivity contribution is -0.138. The first kappa shape index (κ1) is 13.4. The molecule has 0 saturated carbocycles. The minimum absolute atomic E-state index is 0.0214. The second-order valence-electron chi connectivity index (χ2n) is 5.04. The van der Waals surface area contributed by atoms with Gasteiger partial charge in [0.1, 0.15) is 0 Å². The average molecular weight is 287 g/mol. The summed E-state index contributed by atoms with van der Waals surface area (Å²) in [5, 5.41) is 3.02. The number of benzene rings is 1. The highest BCUT2D eigenvalue weighted by atomic mass is 19.4. The van der Waals surface area contributed by atoms with Crippen LogP contribution in [0, 0.1) is 12.8 Å². The van der Waals surface area contributed by atoms with Crippen molar-refractivity contribution in [1.82, 2.24) is 5.32 Å². The van der Waals surface area contributed by atoms with Crippen LogP contribution in [0.4, 0.5) is 13.2 Å². The maximum atomic E-state index is 13.0. The van der Waals surface area contributed by atoms with E-state index in [-0.39, 0.29) is 17.2 Å². The summed E-state index contributed by atoms with van der Waals surface area (Å²) < 4.78 is 47.0. The number of alkyl halides is 3. The van der Waals surface area contributed by atoms with Gasteiger partial charge in [0.05, 0.1) is 12.9 Å². The number of hydrogen-bond acceptors (Lipinski definition) is 2. The highest BCUT2D eigenvalue weighted by molar-refractivity contribution is 5.78. The van der Waals surface area contributed by atoms with Gasteiger partial charge in [0.25, 0.3) is 0 Å². The molecule has 2 rings (SSSR count). The van der Waals surface area contributed by atoms with Crippen LogP contribution in [0.5, 0.6) is 0 Å². The number of carbonyl (C=O) groups excluding carboxylic acids is 1. The van der Waals surface area contributed by atoms with Gasteiger partial charge in [0, 0.05) is 6.54 Å². The van der Waals surface area contributed by atoms with Crippen LogP contribution in [0.25, 0.3) is 0 Å². The van der Waals surface area contributed by atoms with Gasteiger partial charge < -0.3 is 11.1 Å². The zero-order valence-electron chi connectivity index (χ0n) is 12.1. The van der Waals surface area contributed by atoms with Gasteiger partial charge in [0.15, 0.2) is 0 Å². The van der Waals surface area contributed by atoms with Crippen molar-refractivity contribution >= 4 is 5.91 Å². The molecular weight excluding hydrogens is 269 g/mol. The summed E-state index contributed by atoms with van der Waals surface area (Å²) in [6.07, 6.45) is -3.98. The Balaban J connectivity index is 2.54. The predicted octanol–water partition coefficient (Wildman–Crippen LogP) is 2.19. The first-order valence-electron chi connectivity index (χ1n) is 6.90. The van der Waals surface area contributed by atoms with E-state index in [1.807, 2.05) is 0 Å². The van der Waals surface area contributed by atoms with E-state index in [1.54, 1.807) is 0 Å². The number of primary amides is 1. The number of nitrogens with one attached hydrogen (secondary N) is 1. The van der Waals surface area contributed by atoms with Crippen molar-refractivity contribution in [3.8, 4) is 0 Å². The Labute approximate surface area is 116 Å². The molecule has 1 aliphatic heterocycles. The standard InChI is InChI=1S/C14H17F3N2O/c1-8-9(3-2-4-12(8)14(15,16)17)10-5-6-19-7-11(10)13(18)20/h2-4,10-11,19H,5-7H2,1H3,(H2,18,20)/i3D. The quantitative estimate of drug-likeness (QED) is 0.876. The van der Waals surface area contributed by atoms with Crippen molar-refractivity contribution in [2.75, 3.05) is 13.1 Å². The molecule has 1 aliphatic rings. The Bertz CT molecular complexity index is 560. The van der Waals surface area contributed by atoms with E-state index in [2.05, 4.69) is 5.32 Å². The lowest BCUT2D eigenvalue weighted by Gasteiger charge is -2.32. The summed E-state index contributed by atoms with van der Waals surface area (Å²) in [6, 6.07) is 2.09. The maximum absolute atomic E-state index is 13.0. The van der Waals surface area contributed by atoms with Gasteiger partial charge >= 0.3 is 6.18 Å². The zero-order valence-corrected chi connectivity index (χ0v) is 11.1. The largest absolute Gasteiger partial charge is 0.416 e. The van der Waals surface area contributed by atoms with Gasteiger partial charge in [0.2, 0.25) is 5.91 Å². The Morgan fingerprint density at radius 2 is 2.25 bits per heavy atom. The smallest absolute Gasteiger partial charge is 0.369 e. The average Bonchev–Trinajstić information content (AvgIpc) is 2.37. The van der Waals surface area contributed by atoms with Crippen LogP contribution >= 0.6 is 0 Å². The minimum atomic E-state index is -4.47. The molecule has 2 atom stereocenters. The SMILES string of the molecule is [2H]c1ccc(C(F)(F)F)c(C)c1C1CCNCC1C(N)=O. The van der Waals surface area contributed by atoms with Gasteiger partial charge in [-0.3, -0.25) is 4.79 Å². The lowest BCUT2D eigenvalue weighted by Crippen LogP contribution is -2.42. The number of nitrogens with two attached hydrogens (primary N) is 1. The Morgan fingerprint density at radius 1 is 1.55 bits per heavy atom. The van der Waals surface area contributed by atoms with Crippen molar-refractivity contribution < 1.29 is 19.3 Å².